The summed E-state index contributed by atoms with van der Waals surface area (Å²) >= 11 is 0. The van der Waals surface area contributed by atoms with Crippen LogP contribution in [0.3, 0.4) is 0 Å². The predicted octanol–water partition coefficient (Wildman–Crippen LogP) is 6.17. The van der Waals surface area contributed by atoms with Gasteiger partial charge in [0.15, 0.2) is 0 Å². The van der Waals surface area contributed by atoms with Crippen molar-refractivity contribution in [2.75, 3.05) is 0 Å². The molecule has 0 nitrogen and oxygen atoms in total. The van der Waals surface area contributed by atoms with E-state index in [1.54, 1.807) is 11.1 Å². The van der Waals surface area contributed by atoms with Gasteiger partial charge in [0, 0.05) is 35.7 Å². The molecule has 1 aliphatic rings. The van der Waals surface area contributed by atoms with Crippen molar-refractivity contribution in [2.24, 2.45) is 0 Å². The Morgan fingerprint density at radius 2 is 1.52 bits per heavy atom. The molecule has 0 heterocycles. The van der Waals surface area contributed by atoms with Crippen LogP contribution in [0.5, 0.6) is 0 Å². The van der Waals surface area contributed by atoms with Crippen molar-refractivity contribution in [1.82, 2.24) is 0 Å². The van der Waals surface area contributed by atoms with Gasteiger partial charge in [-0.05, 0) is 45.7 Å². The second-order valence-corrected chi connectivity index (χ2v) is 9.12. The van der Waals surface area contributed by atoms with E-state index in [9.17, 15) is 0 Å². The normalized spacial score (nSPS) is 15.7. The topological polar surface area (TPSA) is 0 Å². The molecule has 0 aliphatic heterocycles. The van der Waals surface area contributed by atoms with Gasteiger partial charge in [-0.25, -0.2) is 0 Å². The van der Waals surface area contributed by atoms with E-state index in [-0.39, 0.29) is 66.0 Å². The molecule has 0 spiro atoms. The van der Waals surface area contributed by atoms with E-state index in [4.69, 9.17) is 0 Å². The van der Waals surface area contributed by atoms with Crippen LogP contribution in [0.2, 0.25) is 6.55 Å². The molecule has 2 aromatic carbocycles. The molecule has 0 saturated carbocycles. The SMILES string of the molecule is C[SiH2]C1C(C)=Cc2c(-c3ccc(C(C)(C)C)cc3)cccc21.Cl.Cl.[Zr]. The fourth-order valence-electron chi connectivity index (χ4n) is 3.56. The number of halogens is 2. The molecule has 0 bridgehead atoms. The van der Waals surface area contributed by atoms with Crippen molar-refractivity contribution in [3.63, 3.8) is 0 Å². The van der Waals surface area contributed by atoms with Crippen LogP contribution >= 0.6 is 24.8 Å². The average molecular weight is 471 g/mol. The number of hydrogen-bond donors (Lipinski definition) is 0. The maximum Gasteiger partial charge on any atom is 0.0308 e. The standard InChI is InChI=1S/C21H26Si.2ClH.Zr/c1-14-13-19-17(7-6-8-18(19)20(14)22-5)15-9-11-16(12-10-15)21(2,3)4;;;/h6-13,20H,22H2,1-5H3;2*1H;. The smallest absolute Gasteiger partial charge is 0.0308 e. The molecule has 134 valence electrons. The summed E-state index contributed by atoms with van der Waals surface area (Å²) in [4.78, 5) is 0. The van der Waals surface area contributed by atoms with E-state index < -0.39 is 0 Å². The van der Waals surface area contributed by atoms with E-state index in [1.165, 1.54) is 22.3 Å². The van der Waals surface area contributed by atoms with E-state index in [0.717, 1.165) is 5.54 Å². The summed E-state index contributed by atoms with van der Waals surface area (Å²) in [5.74, 6) is 0. The van der Waals surface area contributed by atoms with Gasteiger partial charge in [0.1, 0.15) is 0 Å². The zero-order valence-corrected chi connectivity index (χ0v) is 21.2. The molecule has 1 unspecified atom stereocenters. The van der Waals surface area contributed by atoms with Crippen molar-refractivity contribution in [2.45, 2.75) is 45.2 Å². The maximum atomic E-state index is 2.42. The van der Waals surface area contributed by atoms with Crippen molar-refractivity contribution >= 4 is 40.4 Å². The molecule has 3 rings (SSSR count). The number of allylic oxidation sites excluding steroid dienone is 1. The molecule has 1 atom stereocenters. The Balaban J connectivity index is 0.00000192. The van der Waals surface area contributed by atoms with Gasteiger partial charge < -0.3 is 0 Å². The van der Waals surface area contributed by atoms with Crippen LogP contribution in [-0.2, 0) is 31.6 Å². The van der Waals surface area contributed by atoms with Crippen LogP contribution in [0, 0.1) is 0 Å². The fourth-order valence-corrected chi connectivity index (χ4v) is 5.12. The Bertz CT molecular complexity index is 731. The van der Waals surface area contributed by atoms with Crippen LogP contribution < -0.4 is 0 Å². The summed E-state index contributed by atoms with van der Waals surface area (Å²) in [6, 6.07) is 16.0. The average Bonchev–Trinajstić information content (AvgIpc) is 2.81. The zero-order chi connectivity index (χ0) is 15.9. The molecule has 0 saturated heterocycles. The summed E-state index contributed by atoms with van der Waals surface area (Å²) in [5, 5.41) is 0. The van der Waals surface area contributed by atoms with Gasteiger partial charge in [-0.2, -0.15) is 0 Å². The third-order valence-electron chi connectivity index (χ3n) is 4.91. The minimum absolute atomic E-state index is 0. The first-order valence-corrected chi connectivity index (χ1v) is 10.6. The molecule has 0 N–H and O–H groups in total. The molecule has 0 fully saturated rings. The second kappa shape index (κ2) is 9.70. The van der Waals surface area contributed by atoms with Gasteiger partial charge in [0.2, 0.25) is 0 Å². The summed E-state index contributed by atoms with van der Waals surface area (Å²) in [7, 11) is -0.0549. The van der Waals surface area contributed by atoms with Crippen molar-refractivity contribution in [3.05, 3.63) is 64.7 Å². The molecule has 0 amide bonds. The van der Waals surface area contributed by atoms with Crippen LogP contribution in [0.4, 0.5) is 0 Å². The molecular formula is C21H28Cl2SiZr. The first-order chi connectivity index (χ1) is 10.4. The van der Waals surface area contributed by atoms with Crippen LogP contribution in [-0.4, -0.2) is 9.52 Å². The molecule has 0 radical (unpaired) electrons. The number of fused-ring (bicyclic) bond motifs is 1. The third-order valence-corrected chi connectivity index (χ3v) is 6.81. The Morgan fingerprint density at radius 1 is 0.920 bits per heavy atom. The molecule has 25 heavy (non-hydrogen) atoms. The summed E-state index contributed by atoms with van der Waals surface area (Å²) in [6.07, 6.45) is 2.42. The second-order valence-electron chi connectivity index (χ2n) is 7.49. The molecule has 0 aromatic heterocycles. The first-order valence-electron chi connectivity index (χ1n) is 8.34. The first kappa shape index (κ1) is 24.9. The van der Waals surface area contributed by atoms with Gasteiger partial charge in [-0.15, -0.1) is 24.8 Å². The Morgan fingerprint density at radius 3 is 2.04 bits per heavy atom. The Kier molecular flexibility index (Phi) is 9.64. The summed E-state index contributed by atoms with van der Waals surface area (Å²) in [5.41, 5.74) is 9.66. The monoisotopic (exact) mass is 468 g/mol. The zero-order valence-electron chi connectivity index (χ0n) is 15.7. The molecular weight excluding hydrogens is 442 g/mol. The quantitative estimate of drug-likeness (QED) is 0.461. The van der Waals surface area contributed by atoms with Gasteiger partial charge in [-0.1, -0.05) is 81.4 Å². The van der Waals surface area contributed by atoms with E-state index in [1.807, 2.05) is 0 Å². The van der Waals surface area contributed by atoms with E-state index >= 15 is 0 Å². The van der Waals surface area contributed by atoms with E-state index in [0.29, 0.717) is 0 Å². The Labute approximate surface area is 186 Å². The van der Waals surface area contributed by atoms with Crippen LogP contribution in [0.1, 0.15) is 49.9 Å². The van der Waals surface area contributed by atoms with Crippen molar-refractivity contribution in [3.8, 4) is 11.1 Å². The summed E-state index contributed by atoms with van der Waals surface area (Å²) < 4.78 is 0. The van der Waals surface area contributed by atoms with E-state index in [2.05, 4.69) is 82.8 Å². The Hall–Kier alpha value is -0.140. The van der Waals surface area contributed by atoms with Crippen molar-refractivity contribution in [1.29, 1.82) is 0 Å². The van der Waals surface area contributed by atoms with Gasteiger partial charge in [0.25, 0.3) is 0 Å². The van der Waals surface area contributed by atoms with Crippen LogP contribution in [0.25, 0.3) is 17.2 Å². The number of rotatable bonds is 2. The fraction of sp³-hybridized carbons (Fsp3) is 0.333. The third kappa shape index (κ3) is 4.98. The number of hydrogen-bond acceptors (Lipinski definition) is 0. The molecule has 2 aromatic rings. The number of benzene rings is 2. The predicted molar refractivity (Wildman–Crippen MR) is 116 cm³/mol. The maximum absolute atomic E-state index is 2.42. The van der Waals surface area contributed by atoms with Gasteiger partial charge in [0.05, 0.1) is 0 Å². The minimum atomic E-state index is -0.0549. The summed E-state index contributed by atoms with van der Waals surface area (Å²) in [6.45, 7) is 11.5. The van der Waals surface area contributed by atoms with Gasteiger partial charge >= 0.3 is 0 Å². The molecule has 1 aliphatic carbocycles. The van der Waals surface area contributed by atoms with Gasteiger partial charge in [-0.3, -0.25) is 0 Å². The van der Waals surface area contributed by atoms with Crippen molar-refractivity contribution < 1.29 is 26.2 Å². The molecule has 4 heteroatoms. The largest absolute Gasteiger partial charge is 0.147 e. The minimum Gasteiger partial charge on any atom is -0.147 e. The van der Waals surface area contributed by atoms with Crippen LogP contribution in [0.15, 0.2) is 48.0 Å².